The molecule has 0 atom stereocenters. The van der Waals surface area contributed by atoms with E-state index in [-0.39, 0.29) is 18.0 Å². The van der Waals surface area contributed by atoms with Crippen LogP contribution in [-0.2, 0) is 14.3 Å². The molecule has 24 heavy (non-hydrogen) atoms. The molecule has 0 aromatic rings. The van der Waals surface area contributed by atoms with E-state index in [9.17, 15) is 9.59 Å². The SMILES string of the molecule is CCCCCC(CCCC)(CCCC)OC(=O)CCCCC(=O)O. The van der Waals surface area contributed by atoms with Crippen molar-refractivity contribution in [1.29, 1.82) is 0 Å². The number of carboxylic acids is 1. The minimum atomic E-state index is -0.803. The van der Waals surface area contributed by atoms with Crippen LogP contribution in [0.15, 0.2) is 0 Å². The van der Waals surface area contributed by atoms with E-state index in [0.29, 0.717) is 19.3 Å². The van der Waals surface area contributed by atoms with Crippen LogP contribution in [0.25, 0.3) is 0 Å². The zero-order chi connectivity index (χ0) is 18.3. The van der Waals surface area contributed by atoms with Gasteiger partial charge in [0.25, 0.3) is 0 Å². The Morgan fingerprint density at radius 2 is 1.25 bits per heavy atom. The largest absolute Gasteiger partial charge is 0.481 e. The fourth-order valence-corrected chi connectivity index (χ4v) is 3.06. The molecule has 0 rings (SSSR count). The van der Waals surface area contributed by atoms with Crippen molar-refractivity contribution in [1.82, 2.24) is 0 Å². The second kappa shape index (κ2) is 14.3. The molecule has 4 heteroatoms. The van der Waals surface area contributed by atoms with Gasteiger partial charge in [-0.2, -0.15) is 0 Å². The Bertz CT molecular complexity index is 331. The molecule has 1 N–H and O–H groups in total. The molecular weight excluding hydrogens is 304 g/mol. The van der Waals surface area contributed by atoms with Crippen LogP contribution in [0.5, 0.6) is 0 Å². The number of hydrogen-bond donors (Lipinski definition) is 1. The summed E-state index contributed by atoms with van der Waals surface area (Å²) in [6.45, 7) is 6.53. The van der Waals surface area contributed by atoms with E-state index in [1.165, 1.54) is 12.8 Å². The summed E-state index contributed by atoms with van der Waals surface area (Å²) in [6.07, 6.45) is 12.3. The van der Waals surface area contributed by atoms with Gasteiger partial charge in [-0.15, -0.1) is 0 Å². The fourth-order valence-electron chi connectivity index (χ4n) is 3.06. The molecule has 0 radical (unpaired) electrons. The van der Waals surface area contributed by atoms with Gasteiger partial charge in [0.15, 0.2) is 0 Å². The maximum Gasteiger partial charge on any atom is 0.306 e. The highest BCUT2D eigenvalue weighted by molar-refractivity contribution is 5.70. The zero-order valence-electron chi connectivity index (χ0n) is 16.1. The highest BCUT2D eigenvalue weighted by Gasteiger charge is 2.32. The average Bonchev–Trinajstić information content (AvgIpc) is 2.55. The van der Waals surface area contributed by atoms with Gasteiger partial charge >= 0.3 is 11.9 Å². The lowest BCUT2D eigenvalue weighted by Gasteiger charge is -2.34. The van der Waals surface area contributed by atoms with Gasteiger partial charge in [0, 0.05) is 12.8 Å². The monoisotopic (exact) mass is 342 g/mol. The van der Waals surface area contributed by atoms with E-state index in [1.807, 2.05) is 0 Å². The van der Waals surface area contributed by atoms with Crippen molar-refractivity contribution in [3.05, 3.63) is 0 Å². The Morgan fingerprint density at radius 1 is 0.750 bits per heavy atom. The summed E-state index contributed by atoms with van der Waals surface area (Å²) in [5.41, 5.74) is -0.301. The molecule has 0 heterocycles. The number of carboxylic acid groups (broad SMARTS) is 1. The van der Waals surface area contributed by atoms with Gasteiger partial charge in [0.2, 0.25) is 0 Å². The molecule has 0 aromatic heterocycles. The first-order valence-corrected chi connectivity index (χ1v) is 9.93. The molecule has 0 bridgehead atoms. The molecule has 4 nitrogen and oxygen atoms in total. The number of esters is 1. The van der Waals surface area contributed by atoms with E-state index in [0.717, 1.165) is 51.4 Å². The number of carbonyl (C=O) groups is 2. The van der Waals surface area contributed by atoms with Crippen LogP contribution in [0.3, 0.4) is 0 Å². The maximum atomic E-state index is 12.3. The van der Waals surface area contributed by atoms with E-state index >= 15 is 0 Å². The van der Waals surface area contributed by atoms with Crippen LogP contribution >= 0.6 is 0 Å². The predicted octanol–water partition coefficient (Wildman–Crippen LogP) is 5.87. The lowest BCUT2D eigenvalue weighted by atomic mass is 9.85. The lowest BCUT2D eigenvalue weighted by molar-refractivity contribution is -0.163. The second-order valence-electron chi connectivity index (χ2n) is 6.92. The number of carbonyl (C=O) groups excluding carboxylic acids is 1. The van der Waals surface area contributed by atoms with Gasteiger partial charge < -0.3 is 9.84 Å². The van der Waals surface area contributed by atoms with Gasteiger partial charge in [-0.3, -0.25) is 9.59 Å². The van der Waals surface area contributed by atoms with Crippen molar-refractivity contribution < 1.29 is 19.4 Å². The van der Waals surface area contributed by atoms with Gasteiger partial charge in [-0.25, -0.2) is 0 Å². The van der Waals surface area contributed by atoms with Crippen LogP contribution in [0.2, 0.25) is 0 Å². The van der Waals surface area contributed by atoms with Crippen molar-refractivity contribution in [2.24, 2.45) is 0 Å². The minimum absolute atomic E-state index is 0.126. The van der Waals surface area contributed by atoms with Gasteiger partial charge in [0.05, 0.1) is 0 Å². The van der Waals surface area contributed by atoms with Crippen molar-refractivity contribution in [3.8, 4) is 0 Å². The Hall–Kier alpha value is -1.06. The molecule has 0 unspecified atom stereocenters. The normalized spacial score (nSPS) is 11.5. The lowest BCUT2D eigenvalue weighted by Crippen LogP contribution is -2.35. The summed E-state index contributed by atoms with van der Waals surface area (Å²) >= 11 is 0. The summed E-state index contributed by atoms with van der Waals surface area (Å²) in [5, 5.41) is 8.66. The smallest absolute Gasteiger partial charge is 0.306 e. The van der Waals surface area contributed by atoms with Gasteiger partial charge in [-0.1, -0.05) is 46.5 Å². The molecule has 0 aliphatic heterocycles. The van der Waals surface area contributed by atoms with Crippen LogP contribution < -0.4 is 0 Å². The molecule has 0 spiro atoms. The topological polar surface area (TPSA) is 63.6 Å². The fraction of sp³-hybridized carbons (Fsp3) is 0.900. The number of rotatable bonds is 16. The molecule has 0 aliphatic rings. The summed E-state index contributed by atoms with van der Waals surface area (Å²) in [6, 6.07) is 0. The van der Waals surface area contributed by atoms with E-state index in [4.69, 9.17) is 9.84 Å². The van der Waals surface area contributed by atoms with Crippen LogP contribution in [-0.4, -0.2) is 22.6 Å². The first-order chi connectivity index (χ1) is 11.5. The Morgan fingerprint density at radius 3 is 1.75 bits per heavy atom. The van der Waals surface area contributed by atoms with Crippen LogP contribution in [0.1, 0.15) is 111 Å². The van der Waals surface area contributed by atoms with Crippen molar-refractivity contribution in [2.45, 2.75) is 116 Å². The molecule has 0 amide bonds. The first-order valence-electron chi connectivity index (χ1n) is 9.93. The summed E-state index contributed by atoms with van der Waals surface area (Å²) in [7, 11) is 0. The third kappa shape index (κ3) is 11.5. The molecule has 142 valence electrons. The average molecular weight is 343 g/mol. The summed E-state index contributed by atoms with van der Waals surface area (Å²) in [5.74, 6) is -0.952. The molecule has 0 aliphatic carbocycles. The zero-order valence-corrected chi connectivity index (χ0v) is 16.1. The molecule has 0 saturated heterocycles. The quantitative estimate of drug-likeness (QED) is 0.281. The maximum absolute atomic E-state index is 12.3. The number of hydrogen-bond acceptors (Lipinski definition) is 3. The van der Waals surface area contributed by atoms with Crippen LogP contribution in [0, 0.1) is 0 Å². The molecular formula is C20H38O4. The second-order valence-corrected chi connectivity index (χ2v) is 6.92. The number of unbranched alkanes of at least 4 members (excludes halogenated alkanes) is 5. The Kier molecular flexibility index (Phi) is 13.7. The number of aliphatic carboxylic acids is 1. The van der Waals surface area contributed by atoms with E-state index in [1.54, 1.807) is 0 Å². The Labute approximate surface area is 148 Å². The van der Waals surface area contributed by atoms with Gasteiger partial charge in [-0.05, 0) is 51.4 Å². The Balaban J connectivity index is 4.65. The number of ether oxygens (including phenoxy) is 1. The summed E-state index contributed by atoms with van der Waals surface area (Å²) in [4.78, 5) is 22.8. The van der Waals surface area contributed by atoms with Crippen LogP contribution in [0.4, 0.5) is 0 Å². The van der Waals surface area contributed by atoms with Crippen molar-refractivity contribution in [3.63, 3.8) is 0 Å². The van der Waals surface area contributed by atoms with Crippen molar-refractivity contribution in [2.75, 3.05) is 0 Å². The standard InChI is InChI=1S/C20H38O4/c1-4-7-12-17-20(15-8-5-2,16-9-6-3)24-19(23)14-11-10-13-18(21)22/h4-17H2,1-3H3,(H,21,22). The minimum Gasteiger partial charge on any atom is -0.481 e. The molecule has 0 fully saturated rings. The highest BCUT2D eigenvalue weighted by atomic mass is 16.6. The third-order valence-electron chi connectivity index (χ3n) is 4.56. The highest BCUT2D eigenvalue weighted by Crippen LogP contribution is 2.32. The van der Waals surface area contributed by atoms with Gasteiger partial charge in [0.1, 0.15) is 5.60 Å². The van der Waals surface area contributed by atoms with E-state index in [2.05, 4.69) is 20.8 Å². The first kappa shape index (κ1) is 22.9. The van der Waals surface area contributed by atoms with E-state index < -0.39 is 5.97 Å². The summed E-state index contributed by atoms with van der Waals surface area (Å²) < 4.78 is 6.01. The third-order valence-corrected chi connectivity index (χ3v) is 4.56. The molecule has 0 aromatic carbocycles. The predicted molar refractivity (Wildman–Crippen MR) is 98.1 cm³/mol. The molecule has 0 saturated carbocycles. The van der Waals surface area contributed by atoms with Crippen molar-refractivity contribution >= 4 is 11.9 Å².